The molecule has 29 heavy (non-hydrogen) atoms. The molecule has 150 valence electrons. The van der Waals surface area contributed by atoms with E-state index in [1.807, 2.05) is 43.3 Å². The highest BCUT2D eigenvalue weighted by atomic mass is 35.5. The van der Waals surface area contributed by atoms with Crippen molar-refractivity contribution >= 4 is 41.4 Å². The summed E-state index contributed by atoms with van der Waals surface area (Å²) in [6.07, 6.45) is 1.59. The molecule has 0 radical (unpaired) electrons. The van der Waals surface area contributed by atoms with Gasteiger partial charge in [-0.05, 0) is 30.2 Å². The van der Waals surface area contributed by atoms with Crippen molar-refractivity contribution in [3.63, 3.8) is 0 Å². The van der Waals surface area contributed by atoms with E-state index >= 15 is 0 Å². The number of nitrogens with one attached hydrogen (secondary N) is 2. The average molecular weight is 430 g/mol. The van der Waals surface area contributed by atoms with Gasteiger partial charge in [-0.2, -0.15) is 5.10 Å². The maximum Gasteiger partial charge on any atom is 0.264 e. The van der Waals surface area contributed by atoms with Gasteiger partial charge in [0.2, 0.25) is 11.1 Å². The van der Waals surface area contributed by atoms with Crippen LogP contribution in [0, 0.1) is 6.92 Å². The van der Waals surface area contributed by atoms with Crippen molar-refractivity contribution in [1.29, 1.82) is 0 Å². The second-order valence-electron chi connectivity index (χ2n) is 6.15. The summed E-state index contributed by atoms with van der Waals surface area (Å²) in [5.41, 5.74) is 5.77. The Hall–Kier alpha value is -3.04. The molecule has 0 bridgehead atoms. The van der Waals surface area contributed by atoms with Crippen LogP contribution in [0.25, 0.3) is 0 Å². The third-order valence-electron chi connectivity index (χ3n) is 3.83. The van der Waals surface area contributed by atoms with Crippen LogP contribution in [0.15, 0.2) is 58.8 Å². The van der Waals surface area contributed by atoms with Crippen molar-refractivity contribution in [2.24, 2.45) is 5.10 Å². The van der Waals surface area contributed by atoms with Crippen molar-refractivity contribution in [1.82, 2.24) is 20.2 Å². The van der Waals surface area contributed by atoms with E-state index in [0.29, 0.717) is 16.7 Å². The number of halogens is 1. The summed E-state index contributed by atoms with van der Waals surface area (Å²) >= 11 is 7.12. The Morgan fingerprint density at radius 1 is 1.28 bits per heavy atom. The van der Waals surface area contributed by atoms with E-state index in [4.69, 9.17) is 17.4 Å². The summed E-state index contributed by atoms with van der Waals surface area (Å²) in [6.45, 7) is 2.49. The third-order valence-corrected chi connectivity index (χ3v) is 5.01. The minimum absolute atomic E-state index is 0.118. The molecule has 0 aliphatic heterocycles. The highest BCUT2D eigenvalue weighted by molar-refractivity contribution is 7.99. The minimum Gasteiger partial charge on any atom is -0.351 e. The number of nitrogens with zero attached hydrogens (tertiary/aromatic N) is 4. The molecule has 0 aliphatic rings. The fourth-order valence-corrected chi connectivity index (χ4v) is 3.18. The molecule has 1 aromatic heterocycles. The maximum atomic E-state index is 12.1. The number of nitrogens with two attached hydrogens (primary N) is 1. The lowest BCUT2D eigenvalue weighted by Gasteiger charge is -2.06. The average Bonchev–Trinajstić information content (AvgIpc) is 3.06. The van der Waals surface area contributed by atoms with Crippen molar-refractivity contribution in [2.75, 3.05) is 17.0 Å². The van der Waals surface area contributed by atoms with Gasteiger partial charge in [0.25, 0.3) is 5.95 Å². The Morgan fingerprint density at radius 2 is 2.07 bits per heavy atom. The number of benzene rings is 2. The van der Waals surface area contributed by atoms with E-state index in [9.17, 15) is 4.79 Å². The fourth-order valence-electron chi connectivity index (χ4n) is 2.29. The normalized spacial score (nSPS) is 11.0. The zero-order chi connectivity index (χ0) is 20.6. The Labute approximate surface area is 177 Å². The highest BCUT2D eigenvalue weighted by Gasteiger charge is 2.11. The van der Waals surface area contributed by atoms with Crippen LogP contribution in [0.5, 0.6) is 0 Å². The number of hydrogen-bond acceptors (Lipinski definition) is 7. The molecule has 0 spiro atoms. The van der Waals surface area contributed by atoms with E-state index in [-0.39, 0.29) is 17.6 Å². The van der Waals surface area contributed by atoms with E-state index in [1.54, 1.807) is 18.3 Å². The van der Waals surface area contributed by atoms with Gasteiger partial charge in [0.1, 0.15) is 0 Å². The van der Waals surface area contributed by atoms with Crippen LogP contribution < -0.4 is 16.6 Å². The van der Waals surface area contributed by atoms with Crippen molar-refractivity contribution < 1.29 is 4.79 Å². The first-order chi connectivity index (χ1) is 14.0. The molecule has 0 atom stereocenters. The molecule has 4 N–H and O–H groups in total. The van der Waals surface area contributed by atoms with Gasteiger partial charge in [-0.1, -0.05) is 65.3 Å². The lowest BCUT2D eigenvalue weighted by atomic mass is 10.1. The van der Waals surface area contributed by atoms with Crippen LogP contribution in [0.1, 0.15) is 16.7 Å². The van der Waals surface area contributed by atoms with Crippen LogP contribution in [-0.2, 0) is 11.3 Å². The summed E-state index contributed by atoms with van der Waals surface area (Å²) in [5, 5.41) is 15.8. The Bertz CT molecular complexity index is 1000. The van der Waals surface area contributed by atoms with Crippen LogP contribution in [0.3, 0.4) is 0 Å². The van der Waals surface area contributed by atoms with Gasteiger partial charge in [0.15, 0.2) is 0 Å². The maximum absolute atomic E-state index is 12.1. The molecule has 3 aromatic rings. The Kier molecular flexibility index (Phi) is 7.09. The molecule has 0 aliphatic carbocycles. The summed E-state index contributed by atoms with van der Waals surface area (Å²) < 4.78 is 1.24. The molecule has 10 heteroatoms. The van der Waals surface area contributed by atoms with Crippen LogP contribution in [0.2, 0.25) is 5.02 Å². The van der Waals surface area contributed by atoms with E-state index in [1.165, 1.54) is 22.0 Å². The second-order valence-corrected chi connectivity index (χ2v) is 7.53. The SMILES string of the molecule is Cc1ccc(CNC(=O)CSc2nnc(N/N=C/c3cccc(Cl)c3)n2N)cc1. The van der Waals surface area contributed by atoms with Gasteiger partial charge in [-0.15, -0.1) is 10.2 Å². The van der Waals surface area contributed by atoms with Crippen LogP contribution in [-0.4, -0.2) is 32.7 Å². The van der Waals surface area contributed by atoms with E-state index in [2.05, 4.69) is 26.0 Å². The molecular weight excluding hydrogens is 410 g/mol. The first kappa shape index (κ1) is 20.7. The predicted octanol–water partition coefficient (Wildman–Crippen LogP) is 2.81. The number of aryl methyl sites for hydroxylation is 1. The van der Waals surface area contributed by atoms with Crippen molar-refractivity contribution in [3.8, 4) is 0 Å². The van der Waals surface area contributed by atoms with E-state index < -0.39 is 0 Å². The number of carbonyl (C=O) groups excluding carboxylic acids is 1. The van der Waals surface area contributed by atoms with Crippen molar-refractivity contribution in [3.05, 3.63) is 70.2 Å². The number of carbonyl (C=O) groups is 1. The fraction of sp³-hybridized carbons (Fsp3) is 0.158. The lowest BCUT2D eigenvalue weighted by molar-refractivity contribution is -0.118. The second kappa shape index (κ2) is 9.94. The molecule has 1 heterocycles. The molecule has 0 unspecified atom stereocenters. The van der Waals surface area contributed by atoms with Gasteiger partial charge < -0.3 is 11.2 Å². The number of rotatable bonds is 8. The first-order valence-electron chi connectivity index (χ1n) is 8.71. The molecular formula is C19H20ClN7OS. The first-order valence-corrected chi connectivity index (χ1v) is 10.1. The smallest absolute Gasteiger partial charge is 0.264 e. The Morgan fingerprint density at radius 3 is 2.83 bits per heavy atom. The highest BCUT2D eigenvalue weighted by Crippen LogP contribution is 2.16. The number of nitrogen functional groups attached to an aromatic ring is 1. The van der Waals surface area contributed by atoms with Gasteiger partial charge in [0.05, 0.1) is 12.0 Å². The standard InChI is InChI=1S/C19H20ClN7OS/c1-13-5-7-14(8-6-13)10-22-17(28)12-29-19-26-25-18(27(19)21)24-23-11-15-3-2-4-16(20)9-15/h2-9,11H,10,12,21H2,1H3,(H,22,28)(H,24,25)/b23-11+. The molecule has 0 fully saturated rings. The lowest BCUT2D eigenvalue weighted by Crippen LogP contribution is -2.25. The third kappa shape index (κ3) is 6.23. The summed E-state index contributed by atoms with van der Waals surface area (Å²) in [6, 6.07) is 15.2. The van der Waals surface area contributed by atoms with Gasteiger partial charge >= 0.3 is 0 Å². The number of anilines is 1. The van der Waals surface area contributed by atoms with Gasteiger partial charge in [0, 0.05) is 11.6 Å². The van der Waals surface area contributed by atoms with Crippen LogP contribution >= 0.6 is 23.4 Å². The molecule has 0 saturated heterocycles. The molecule has 1 amide bonds. The van der Waals surface area contributed by atoms with Crippen molar-refractivity contribution in [2.45, 2.75) is 18.6 Å². The summed E-state index contributed by atoms with van der Waals surface area (Å²) in [7, 11) is 0. The molecule has 8 nitrogen and oxygen atoms in total. The number of hydrazone groups is 1. The summed E-state index contributed by atoms with van der Waals surface area (Å²) in [4.78, 5) is 12.1. The van der Waals surface area contributed by atoms with Gasteiger partial charge in [-0.25, -0.2) is 10.1 Å². The summed E-state index contributed by atoms with van der Waals surface area (Å²) in [5.74, 6) is 6.26. The predicted molar refractivity (Wildman–Crippen MR) is 117 cm³/mol. The zero-order valence-corrected chi connectivity index (χ0v) is 17.2. The number of amides is 1. The Balaban J connectivity index is 1.47. The largest absolute Gasteiger partial charge is 0.351 e. The zero-order valence-electron chi connectivity index (χ0n) is 15.7. The van der Waals surface area contributed by atoms with Crippen LogP contribution in [0.4, 0.5) is 5.95 Å². The molecule has 2 aromatic carbocycles. The number of aromatic nitrogens is 3. The quantitative estimate of drug-likeness (QED) is 0.220. The van der Waals surface area contributed by atoms with E-state index in [0.717, 1.165) is 11.1 Å². The molecule has 3 rings (SSSR count). The number of thioether (sulfide) groups is 1. The monoisotopic (exact) mass is 429 g/mol. The molecule has 0 saturated carbocycles. The minimum atomic E-state index is -0.118. The number of hydrogen-bond donors (Lipinski definition) is 3. The van der Waals surface area contributed by atoms with Gasteiger partial charge in [-0.3, -0.25) is 4.79 Å². The topological polar surface area (TPSA) is 110 Å².